The summed E-state index contributed by atoms with van der Waals surface area (Å²) in [6, 6.07) is 15.9. The molecule has 1 fully saturated rings. The molecule has 0 aliphatic carbocycles. The van der Waals surface area contributed by atoms with Gasteiger partial charge in [0, 0.05) is 10.6 Å². The van der Waals surface area contributed by atoms with E-state index < -0.39 is 5.97 Å². The summed E-state index contributed by atoms with van der Waals surface area (Å²) < 4.78 is 5.54. The van der Waals surface area contributed by atoms with Crippen molar-refractivity contribution < 1.29 is 14.3 Å². The molecule has 2 aromatic carbocycles. The predicted octanol–water partition coefficient (Wildman–Crippen LogP) is 4.64. The van der Waals surface area contributed by atoms with Crippen molar-refractivity contribution in [2.45, 2.75) is 25.8 Å². The highest BCUT2D eigenvalue weighted by atomic mass is 32.1. The van der Waals surface area contributed by atoms with E-state index in [-0.39, 0.29) is 11.9 Å². The number of carbonyl (C=O) groups is 2. The highest BCUT2D eigenvalue weighted by Crippen LogP contribution is 2.32. The van der Waals surface area contributed by atoms with Crippen LogP contribution in [0.1, 0.15) is 30.1 Å². The summed E-state index contributed by atoms with van der Waals surface area (Å²) in [4.78, 5) is 28.3. The first kappa shape index (κ1) is 21.1. The summed E-state index contributed by atoms with van der Waals surface area (Å²) in [6.45, 7) is 3.83. The Morgan fingerprint density at radius 1 is 1.10 bits per heavy atom. The second-order valence-electron chi connectivity index (χ2n) is 7.61. The van der Waals surface area contributed by atoms with Crippen molar-refractivity contribution >= 4 is 34.6 Å². The maximum Gasteiger partial charge on any atom is 0.343 e. The minimum absolute atomic E-state index is 0.0459. The molecule has 2 heterocycles. The number of nitrogens with zero attached hydrogens (tertiary/aromatic N) is 1. The van der Waals surface area contributed by atoms with Crippen molar-refractivity contribution in [2.75, 3.05) is 24.1 Å². The van der Waals surface area contributed by atoms with E-state index in [2.05, 4.69) is 10.2 Å². The first-order valence-corrected chi connectivity index (χ1v) is 11.2. The van der Waals surface area contributed by atoms with Crippen molar-refractivity contribution in [3.05, 3.63) is 65.5 Å². The quantitative estimate of drug-likeness (QED) is 0.335. The van der Waals surface area contributed by atoms with E-state index in [1.54, 1.807) is 47.7 Å². The average molecular weight is 436 g/mol. The molecule has 31 heavy (non-hydrogen) atoms. The number of nitrogens with one attached hydrogen (secondary N) is 1. The van der Waals surface area contributed by atoms with Crippen LogP contribution in [0.2, 0.25) is 0 Å². The predicted molar refractivity (Wildman–Crippen MR) is 124 cm³/mol. The molecule has 1 aliphatic rings. The molecular weight excluding hydrogens is 410 g/mol. The lowest BCUT2D eigenvalue weighted by Crippen LogP contribution is -2.40. The Kier molecular flexibility index (Phi) is 6.34. The Bertz CT molecular complexity index is 1060. The third-order valence-electron chi connectivity index (χ3n) is 5.48. The van der Waals surface area contributed by atoms with Gasteiger partial charge in [-0.2, -0.15) is 0 Å². The molecule has 0 radical (unpaired) electrons. The molecule has 160 valence electrons. The summed E-state index contributed by atoms with van der Waals surface area (Å²) in [6.07, 6.45) is 2.27. The van der Waals surface area contributed by atoms with Crippen molar-refractivity contribution in [3.63, 3.8) is 0 Å². The van der Waals surface area contributed by atoms with Crippen LogP contribution in [0.5, 0.6) is 5.75 Å². The summed E-state index contributed by atoms with van der Waals surface area (Å²) in [7, 11) is 0. The molecule has 6 nitrogen and oxygen atoms in total. The zero-order chi connectivity index (χ0) is 21.8. The second-order valence-corrected chi connectivity index (χ2v) is 8.55. The SMILES string of the molecule is CC(C(=O)Nc1ccc(C(=O)Oc2cc(-c3cccs3)ccc2N)cc1)N1CCCC1. The van der Waals surface area contributed by atoms with Gasteiger partial charge in [0.2, 0.25) is 5.91 Å². The fourth-order valence-corrected chi connectivity index (χ4v) is 4.33. The van der Waals surface area contributed by atoms with Gasteiger partial charge < -0.3 is 15.8 Å². The first-order valence-electron chi connectivity index (χ1n) is 10.3. The molecule has 3 aromatic rings. The molecule has 7 heteroatoms. The minimum atomic E-state index is -0.502. The minimum Gasteiger partial charge on any atom is -0.421 e. The van der Waals surface area contributed by atoms with Crippen LogP contribution in [0, 0.1) is 0 Å². The number of hydrogen-bond acceptors (Lipinski definition) is 6. The number of rotatable bonds is 6. The third-order valence-corrected chi connectivity index (χ3v) is 6.40. The molecule has 0 saturated carbocycles. The van der Waals surface area contributed by atoms with E-state index in [9.17, 15) is 9.59 Å². The van der Waals surface area contributed by atoms with Gasteiger partial charge in [-0.3, -0.25) is 9.69 Å². The summed E-state index contributed by atoms with van der Waals surface area (Å²) in [5, 5.41) is 4.90. The fraction of sp³-hybridized carbons (Fsp3) is 0.250. The number of thiophene rings is 1. The number of likely N-dealkylation sites (tertiary alicyclic amines) is 1. The Morgan fingerprint density at radius 3 is 2.52 bits per heavy atom. The molecule has 1 aliphatic heterocycles. The molecule has 4 rings (SSSR count). The van der Waals surface area contributed by atoms with Crippen LogP contribution in [0.25, 0.3) is 10.4 Å². The lowest BCUT2D eigenvalue weighted by atomic mass is 10.1. The van der Waals surface area contributed by atoms with Gasteiger partial charge in [0.05, 0.1) is 17.3 Å². The van der Waals surface area contributed by atoms with Gasteiger partial charge >= 0.3 is 5.97 Å². The van der Waals surface area contributed by atoms with E-state index in [1.807, 2.05) is 30.5 Å². The lowest BCUT2D eigenvalue weighted by molar-refractivity contribution is -0.120. The normalized spacial score (nSPS) is 14.9. The maximum absolute atomic E-state index is 12.6. The standard InChI is InChI=1S/C24H25N3O3S/c1-16(27-12-2-3-13-27)23(28)26-19-9-6-17(7-10-19)24(29)30-21-15-18(8-11-20(21)25)22-5-4-14-31-22/h4-11,14-16H,2-3,12-13,25H2,1H3,(H,26,28). The van der Waals surface area contributed by atoms with Gasteiger partial charge in [0.1, 0.15) is 0 Å². The maximum atomic E-state index is 12.6. The van der Waals surface area contributed by atoms with Crippen molar-refractivity contribution in [2.24, 2.45) is 0 Å². The largest absolute Gasteiger partial charge is 0.421 e. The fourth-order valence-electron chi connectivity index (χ4n) is 3.61. The van der Waals surface area contributed by atoms with Gasteiger partial charge in [0.15, 0.2) is 5.75 Å². The molecule has 0 bridgehead atoms. The van der Waals surface area contributed by atoms with Crippen LogP contribution < -0.4 is 15.8 Å². The highest BCUT2D eigenvalue weighted by molar-refractivity contribution is 7.13. The van der Waals surface area contributed by atoms with Crippen LogP contribution >= 0.6 is 11.3 Å². The monoisotopic (exact) mass is 435 g/mol. The van der Waals surface area contributed by atoms with E-state index in [0.29, 0.717) is 22.7 Å². The number of anilines is 2. The average Bonchev–Trinajstić information content (AvgIpc) is 3.49. The van der Waals surface area contributed by atoms with Gasteiger partial charge in [-0.25, -0.2) is 4.79 Å². The number of benzene rings is 2. The zero-order valence-electron chi connectivity index (χ0n) is 17.3. The first-order chi connectivity index (χ1) is 15.0. The Labute approximate surface area is 185 Å². The van der Waals surface area contributed by atoms with E-state index >= 15 is 0 Å². The molecule has 1 unspecified atom stereocenters. The molecule has 1 atom stereocenters. The van der Waals surface area contributed by atoms with Gasteiger partial charge in [-0.05, 0) is 86.3 Å². The van der Waals surface area contributed by atoms with Crippen molar-refractivity contribution in [3.8, 4) is 16.2 Å². The molecule has 1 saturated heterocycles. The van der Waals surface area contributed by atoms with Gasteiger partial charge in [0.25, 0.3) is 0 Å². The smallest absolute Gasteiger partial charge is 0.343 e. The molecule has 3 N–H and O–H groups in total. The zero-order valence-corrected chi connectivity index (χ0v) is 18.2. The second kappa shape index (κ2) is 9.32. The number of ether oxygens (including phenoxy) is 1. The topological polar surface area (TPSA) is 84.7 Å². The van der Waals surface area contributed by atoms with Crippen molar-refractivity contribution in [1.29, 1.82) is 0 Å². The molecule has 0 spiro atoms. The Hall–Kier alpha value is -3.16. The molecule has 1 aromatic heterocycles. The summed E-state index contributed by atoms with van der Waals surface area (Å²) in [5.41, 5.74) is 8.37. The number of esters is 1. The van der Waals surface area contributed by atoms with E-state index in [4.69, 9.17) is 10.5 Å². The number of amides is 1. The molecular formula is C24H25N3O3S. The van der Waals surface area contributed by atoms with Crippen molar-refractivity contribution in [1.82, 2.24) is 4.90 Å². The number of nitrogens with two attached hydrogens (primary N) is 1. The summed E-state index contributed by atoms with van der Waals surface area (Å²) >= 11 is 1.60. The number of nitrogen functional groups attached to an aromatic ring is 1. The van der Waals surface area contributed by atoms with Gasteiger partial charge in [-0.15, -0.1) is 11.3 Å². The molecule has 1 amide bonds. The van der Waals surface area contributed by atoms with Crippen LogP contribution in [-0.4, -0.2) is 35.9 Å². The van der Waals surface area contributed by atoms with Crippen LogP contribution in [0.3, 0.4) is 0 Å². The Balaban J connectivity index is 1.40. The number of carbonyl (C=O) groups excluding carboxylic acids is 2. The van der Waals surface area contributed by atoms with E-state index in [0.717, 1.165) is 36.4 Å². The summed E-state index contributed by atoms with van der Waals surface area (Å²) in [5.74, 6) is -0.221. The van der Waals surface area contributed by atoms with Crippen LogP contribution in [0.4, 0.5) is 11.4 Å². The van der Waals surface area contributed by atoms with Gasteiger partial charge in [-0.1, -0.05) is 12.1 Å². The van der Waals surface area contributed by atoms with E-state index in [1.165, 1.54) is 0 Å². The third kappa shape index (κ3) is 4.95. The van der Waals surface area contributed by atoms with Crippen LogP contribution in [-0.2, 0) is 4.79 Å². The lowest BCUT2D eigenvalue weighted by Gasteiger charge is -2.22. The Morgan fingerprint density at radius 2 is 1.84 bits per heavy atom. The van der Waals surface area contributed by atoms with Crippen LogP contribution in [0.15, 0.2) is 60.0 Å². The number of hydrogen-bond donors (Lipinski definition) is 2. The highest BCUT2D eigenvalue weighted by Gasteiger charge is 2.24.